The van der Waals surface area contributed by atoms with Crippen molar-refractivity contribution in [1.82, 2.24) is 5.32 Å². The van der Waals surface area contributed by atoms with Gasteiger partial charge in [0.2, 0.25) is 0 Å². The number of aryl methyl sites for hydroxylation is 1. The van der Waals surface area contributed by atoms with Gasteiger partial charge in [-0.1, -0.05) is 31.2 Å². The van der Waals surface area contributed by atoms with Crippen LogP contribution in [0, 0.1) is 0 Å². The first kappa shape index (κ1) is 18.8. The number of nitrogens with one attached hydrogen (secondary N) is 1. The Hall–Kier alpha value is -2.57. The van der Waals surface area contributed by atoms with E-state index in [1.807, 2.05) is 25.1 Å². The molecule has 6 heteroatoms. The van der Waals surface area contributed by atoms with Crippen LogP contribution in [0.3, 0.4) is 0 Å². The smallest absolute Gasteiger partial charge is 0.258 e. The molecule has 0 saturated carbocycles. The number of nitrogens with two attached hydrogens (primary N) is 1. The van der Waals surface area contributed by atoms with Crippen LogP contribution in [-0.4, -0.2) is 35.4 Å². The van der Waals surface area contributed by atoms with Crippen LogP contribution in [0.4, 0.5) is 5.69 Å². The zero-order chi connectivity index (χ0) is 18.2. The molecule has 0 spiro atoms. The first-order valence-electron chi connectivity index (χ1n) is 8.19. The quantitative estimate of drug-likeness (QED) is 0.542. The molecule has 2 unspecified atom stereocenters. The summed E-state index contributed by atoms with van der Waals surface area (Å²) in [7, 11) is 0. The van der Waals surface area contributed by atoms with Crippen LogP contribution in [-0.2, 0) is 11.2 Å². The Kier molecular flexibility index (Phi) is 6.80. The average molecular weight is 344 g/mol. The highest BCUT2D eigenvalue weighted by Crippen LogP contribution is 2.18. The maximum absolute atomic E-state index is 12.1. The Bertz CT molecular complexity index is 688. The summed E-state index contributed by atoms with van der Waals surface area (Å²) in [6.07, 6.45) is -0.165. The number of nitrogen functional groups attached to an aromatic ring is 1. The molecule has 134 valence electrons. The third-order valence-electron chi connectivity index (χ3n) is 3.88. The van der Waals surface area contributed by atoms with Gasteiger partial charge in [0.25, 0.3) is 5.91 Å². The lowest BCUT2D eigenvalue weighted by molar-refractivity contribution is -0.125. The van der Waals surface area contributed by atoms with Crippen LogP contribution in [0.15, 0.2) is 48.5 Å². The van der Waals surface area contributed by atoms with Crippen LogP contribution in [0.1, 0.15) is 24.2 Å². The third kappa shape index (κ3) is 5.48. The lowest BCUT2D eigenvalue weighted by Gasteiger charge is -2.22. The minimum Gasteiger partial charge on any atom is -0.484 e. The highest BCUT2D eigenvalue weighted by atomic mass is 16.5. The van der Waals surface area contributed by atoms with Gasteiger partial charge in [-0.05, 0) is 41.8 Å². The first-order valence-corrected chi connectivity index (χ1v) is 8.19. The molecular weight excluding hydrogens is 320 g/mol. The Labute approximate surface area is 147 Å². The lowest BCUT2D eigenvalue weighted by atomic mass is 10.0. The molecular formula is C19H24N2O4. The Morgan fingerprint density at radius 2 is 1.96 bits per heavy atom. The Balaban J connectivity index is 1.91. The molecule has 2 atom stereocenters. The van der Waals surface area contributed by atoms with Gasteiger partial charge in [-0.25, -0.2) is 0 Å². The topological polar surface area (TPSA) is 105 Å². The second-order valence-electron chi connectivity index (χ2n) is 5.76. The van der Waals surface area contributed by atoms with E-state index >= 15 is 0 Å². The average Bonchev–Trinajstić information content (AvgIpc) is 2.64. The second-order valence-corrected chi connectivity index (χ2v) is 5.76. The SMILES string of the molecule is CCc1cccc(OCC(=O)NC(CO)C(O)c2ccc(N)cc2)c1. The number of benzene rings is 2. The summed E-state index contributed by atoms with van der Waals surface area (Å²) >= 11 is 0. The summed E-state index contributed by atoms with van der Waals surface area (Å²) in [5.74, 6) is 0.185. The van der Waals surface area contributed by atoms with Crippen molar-refractivity contribution in [3.05, 3.63) is 59.7 Å². The number of anilines is 1. The van der Waals surface area contributed by atoms with E-state index in [-0.39, 0.29) is 6.61 Å². The summed E-state index contributed by atoms with van der Waals surface area (Å²) in [6.45, 7) is 1.44. The van der Waals surface area contributed by atoms with Gasteiger partial charge in [-0.2, -0.15) is 0 Å². The van der Waals surface area contributed by atoms with E-state index in [0.717, 1.165) is 12.0 Å². The molecule has 0 aliphatic carbocycles. The maximum Gasteiger partial charge on any atom is 0.258 e. The monoisotopic (exact) mass is 344 g/mol. The summed E-state index contributed by atoms with van der Waals surface area (Å²) in [5.41, 5.74) is 7.86. The molecule has 0 aromatic heterocycles. The van der Waals surface area contributed by atoms with Crippen LogP contribution in [0.25, 0.3) is 0 Å². The van der Waals surface area contributed by atoms with Crippen LogP contribution in [0.2, 0.25) is 0 Å². The zero-order valence-corrected chi connectivity index (χ0v) is 14.2. The predicted molar refractivity (Wildman–Crippen MR) is 96.1 cm³/mol. The molecule has 0 fully saturated rings. The van der Waals surface area contributed by atoms with Crippen molar-refractivity contribution in [1.29, 1.82) is 0 Å². The standard InChI is InChI=1S/C19H24N2O4/c1-2-13-4-3-5-16(10-13)25-12-18(23)21-17(11-22)19(24)14-6-8-15(20)9-7-14/h3-10,17,19,22,24H,2,11-12,20H2,1H3,(H,21,23). The van der Waals surface area contributed by atoms with Crippen molar-refractivity contribution >= 4 is 11.6 Å². The van der Waals surface area contributed by atoms with Gasteiger partial charge in [0.15, 0.2) is 6.61 Å². The fourth-order valence-corrected chi connectivity index (χ4v) is 2.40. The molecule has 6 nitrogen and oxygen atoms in total. The van der Waals surface area contributed by atoms with Gasteiger partial charge < -0.3 is 26.0 Å². The first-order chi connectivity index (χ1) is 12.0. The van der Waals surface area contributed by atoms with Crippen molar-refractivity contribution in [2.75, 3.05) is 18.9 Å². The summed E-state index contributed by atoms with van der Waals surface area (Å²) in [4.78, 5) is 12.1. The van der Waals surface area contributed by atoms with Gasteiger partial charge in [-0.15, -0.1) is 0 Å². The molecule has 1 amide bonds. The minimum absolute atomic E-state index is 0.196. The molecule has 0 saturated heterocycles. The number of rotatable bonds is 8. The predicted octanol–water partition coefficient (Wildman–Crippen LogP) is 1.42. The van der Waals surface area contributed by atoms with Crippen LogP contribution >= 0.6 is 0 Å². The Morgan fingerprint density at radius 1 is 1.24 bits per heavy atom. The lowest BCUT2D eigenvalue weighted by Crippen LogP contribution is -2.44. The zero-order valence-electron chi connectivity index (χ0n) is 14.2. The van der Waals surface area contributed by atoms with Gasteiger partial charge in [0.1, 0.15) is 11.9 Å². The van der Waals surface area contributed by atoms with Crippen LogP contribution < -0.4 is 15.8 Å². The summed E-state index contributed by atoms with van der Waals surface area (Å²) in [5, 5.41) is 22.4. The molecule has 25 heavy (non-hydrogen) atoms. The van der Waals surface area contributed by atoms with E-state index in [0.29, 0.717) is 17.0 Å². The molecule has 0 aliphatic heterocycles. The fraction of sp³-hybridized carbons (Fsp3) is 0.316. The number of ether oxygens (including phenoxy) is 1. The molecule has 0 bridgehead atoms. The van der Waals surface area contributed by atoms with Gasteiger partial charge in [0, 0.05) is 5.69 Å². The Morgan fingerprint density at radius 3 is 2.60 bits per heavy atom. The molecule has 5 N–H and O–H groups in total. The van der Waals surface area contributed by atoms with Crippen molar-refractivity contribution < 1.29 is 19.7 Å². The van der Waals surface area contributed by atoms with Crippen molar-refractivity contribution in [2.45, 2.75) is 25.5 Å². The number of amides is 1. The van der Waals surface area contributed by atoms with Gasteiger partial charge in [0.05, 0.1) is 12.6 Å². The molecule has 2 aromatic rings. The number of hydrogen-bond donors (Lipinski definition) is 4. The summed E-state index contributed by atoms with van der Waals surface area (Å²) < 4.78 is 5.47. The van der Waals surface area contributed by atoms with E-state index in [1.165, 1.54) is 0 Å². The number of aliphatic hydroxyl groups excluding tert-OH is 2. The normalized spacial score (nSPS) is 13.1. The fourth-order valence-electron chi connectivity index (χ4n) is 2.40. The van der Waals surface area contributed by atoms with E-state index < -0.39 is 24.7 Å². The number of carbonyl (C=O) groups excluding carboxylic acids is 1. The number of aliphatic hydroxyl groups is 2. The molecule has 0 radical (unpaired) electrons. The van der Waals surface area contributed by atoms with Gasteiger partial charge in [-0.3, -0.25) is 4.79 Å². The van der Waals surface area contributed by atoms with E-state index in [2.05, 4.69) is 5.32 Å². The number of hydrogen-bond acceptors (Lipinski definition) is 5. The van der Waals surface area contributed by atoms with E-state index in [1.54, 1.807) is 30.3 Å². The molecule has 2 rings (SSSR count). The van der Waals surface area contributed by atoms with Gasteiger partial charge >= 0.3 is 0 Å². The minimum atomic E-state index is -1.04. The molecule has 0 heterocycles. The molecule has 0 aliphatic rings. The van der Waals surface area contributed by atoms with Crippen molar-refractivity contribution in [3.63, 3.8) is 0 Å². The van der Waals surface area contributed by atoms with Crippen LogP contribution in [0.5, 0.6) is 5.75 Å². The highest BCUT2D eigenvalue weighted by Gasteiger charge is 2.22. The van der Waals surface area contributed by atoms with E-state index in [4.69, 9.17) is 10.5 Å². The highest BCUT2D eigenvalue weighted by molar-refractivity contribution is 5.78. The van der Waals surface area contributed by atoms with Crippen molar-refractivity contribution in [2.24, 2.45) is 0 Å². The number of carbonyl (C=O) groups is 1. The second kappa shape index (κ2) is 9.05. The maximum atomic E-state index is 12.1. The summed E-state index contributed by atoms with van der Waals surface area (Å²) in [6, 6.07) is 13.3. The van der Waals surface area contributed by atoms with Crippen molar-refractivity contribution in [3.8, 4) is 5.75 Å². The molecule has 2 aromatic carbocycles. The third-order valence-corrected chi connectivity index (χ3v) is 3.88. The van der Waals surface area contributed by atoms with E-state index in [9.17, 15) is 15.0 Å². The largest absolute Gasteiger partial charge is 0.484 e.